The first-order valence-corrected chi connectivity index (χ1v) is 6.67. The Balaban J connectivity index is 0.00000147. The number of carbonyl (C=O) groups is 1. The average Bonchev–Trinajstić information content (AvgIpc) is 3.04. The zero-order valence-electron chi connectivity index (χ0n) is 11.0. The molecule has 0 radical (unpaired) electrons. The Morgan fingerprint density at radius 2 is 2.20 bits per heavy atom. The number of nitrogens with zero attached hydrogens (tertiary/aromatic N) is 2. The van der Waals surface area contributed by atoms with Gasteiger partial charge in [0.15, 0.2) is 5.82 Å². The first-order valence-electron chi connectivity index (χ1n) is 6.67. The van der Waals surface area contributed by atoms with E-state index in [1.807, 2.05) is 0 Å². The van der Waals surface area contributed by atoms with Crippen molar-refractivity contribution in [1.29, 1.82) is 0 Å². The van der Waals surface area contributed by atoms with E-state index < -0.39 is 6.10 Å². The molecule has 4 N–H and O–H groups in total. The second-order valence-electron chi connectivity index (χ2n) is 5.44. The predicted octanol–water partition coefficient (Wildman–Crippen LogP) is 0.0832. The summed E-state index contributed by atoms with van der Waals surface area (Å²) in [6.07, 6.45) is 2.57. The molecule has 1 aromatic heterocycles. The zero-order valence-corrected chi connectivity index (χ0v) is 11.8. The van der Waals surface area contributed by atoms with Gasteiger partial charge in [0.25, 0.3) is 0 Å². The molecule has 2 fully saturated rings. The molecule has 3 rings (SSSR count). The van der Waals surface area contributed by atoms with Gasteiger partial charge in [-0.05, 0) is 25.7 Å². The minimum absolute atomic E-state index is 0. The molecule has 0 spiro atoms. The molecule has 0 aromatic carbocycles. The van der Waals surface area contributed by atoms with Crippen LogP contribution in [-0.4, -0.2) is 33.3 Å². The SMILES string of the molecule is Cl.N[C@@H]1C[C@H](C(=O)NCc2noc(C3CC3)n2)C[C@H]1O. The third-order valence-corrected chi connectivity index (χ3v) is 3.78. The first-order chi connectivity index (χ1) is 9.13. The maximum absolute atomic E-state index is 11.9. The number of aliphatic hydroxyl groups excluding tert-OH is 1. The van der Waals surface area contributed by atoms with Gasteiger partial charge < -0.3 is 20.7 Å². The standard InChI is InChI=1S/C12H18N4O3.ClH/c13-8-3-7(4-9(8)17)11(18)14-5-10-15-12(19-16-10)6-1-2-6;/h6-9,17H,1-5,13H2,(H,14,18);1H/t7-,8+,9+;/m0./s1. The van der Waals surface area contributed by atoms with Gasteiger partial charge in [-0.2, -0.15) is 4.98 Å². The molecule has 1 aromatic rings. The highest BCUT2D eigenvalue weighted by atomic mass is 35.5. The lowest BCUT2D eigenvalue weighted by atomic mass is 10.1. The minimum atomic E-state index is -0.581. The Morgan fingerprint density at radius 1 is 1.45 bits per heavy atom. The summed E-state index contributed by atoms with van der Waals surface area (Å²) in [6.45, 7) is 0.261. The van der Waals surface area contributed by atoms with Crippen molar-refractivity contribution in [3.8, 4) is 0 Å². The molecule has 112 valence electrons. The van der Waals surface area contributed by atoms with E-state index in [9.17, 15) is 9.90 Å². The van der Waals surface area contributed by atoms with E-state index in [0.29, 0.717) is 30.5 Å². The number of hydrogen-bond donors (Lipinski definition) is 3. The Bertz CT molecular complexity index is 467. The predicted molar refractivity (Wildman–Crippen MR) is 72.1 cm³/mol. The Labute approximate surface area is 122 Å². The number of amides is 1. The Kier molecular flexibility index (Phi) is 4.62. The number of nitrogens with two attached hydrogens (primary N) is 1. The lowest BCUT2D eigenvalue weighted by Crippen LogP contribution is -2.30. The van der Waals surface area contributed by atoms with Crippen LogP contribution in [0.1, 0.15) is 43.3 Å². The van der Waals surface area contributed by atoms with Gasteiger partial charge in [-0.15, -0.1) is 12.4 Å². The van der Waals surface area contributed by atoms with Crippen LogP contribution in [0.2, 0.25) is 0 Å². The highest BCUT2D eigenvalue weighted by Gasteiger charge is 2.34. The van der Waals surface area contributed by atoms with Gasteiger partial charge in [-0.1, -0.05) is 5.16 Å². The lowest BCUT2D eigenvalue weighted by molar-refractivity contribution is -0.125. The molecule has 2 aliphatic carbocycles. The number of carbonyl (C=O) groups excluding carboxylic acids is 1. The molecule has 2 aliphatic rings. The zero-order chi connectivity index (χ0) is 13.4. The summed E-state index contributed by atoms with van der Waals surface area (Å²) in [7, 11) is 0. The molecule has 1 amide bonds. The molecule has 2 saturated carbocycles. The smallest absolute Gasteiger partial charge is 0.229 e. The highest BCUT2D eigenvalue weighted by molar-refractivity contribution is 5.85. The van der Waals surface area contributed by atoms with Crippen molar-refractivity contribution in [2.75, 3.05) is 0 Å². The van der Waals surface area contributed by atoms with Crippen molar-refractivity contribution < 1.29 is 14.4 Å². The van der Waals surface area contributed by atoms with Crippen LogP contribution in [0, 0.1) is 5.92 Å². The van der Waals surface area contributed by atoms with E-state index in [-0.39, 0.29) is 36.8 Å². The quantitative estimate of drug-likeness (QED) is 0.726. The van der Waals surface area contributed by atoms with Gasteiger partial charge in [-0.25, -0.2) is 0 Å². The molecule has 0 bridgehead atoms. The average molecular weight is 303 g/mol. The van der Waals surface area contributed by atoms with Crippen LogP contribution in [0.5, 0.6) is 0 Å². The van der Waals surface area contributed by atoms with Crippen LogP contribution >= 0.6 is 12.4 Å². The molecule has 1 heterocycles. The van der Waals surface area contributed by atoms with Crippen LogP contribution in [0.4, 0.5) is 0 Å². The molecular weight excluding hydrogens is 284 g/mol. The molecule has 0 aliphatic heterocycles. The third kappa shape index (κ3) is 3.28. The second-order valence-corrected chi connectivity index (χ2v) is 5.44. The molecule has 7 nitrogen and oxygen atoms in total. The Morgan fingerprint density at radius 3 is 2.80 bits per heavy atom. The van der Waals surface area contributed by atoms with E-state index in [4.69, 9.17) is 10.3 Å². The topological polar surface area (TPSA) is 114 Å². The van der Waals surface area contributed by atoms with E-state index in [0.717, 1.165) is 12.8 Å². The number of nitrogens with one attached hydrogen (secondary N) is 1. The molecule has 3 atom stereocenters. The summed E-state index contributed by atoms with van der Waals surface area (Å²) in [5.74, 6) is 1.25. The first kappa shape index (κ1) is 15.2. The van der Waals surface area contributed by atoms with Gasteiger partial charge in [0.2, 0.25) is 11.8 Å². The van der Waals surface area contributed by atoms with Gasteiger partial charge in [-0.3, -0.25) is 4.79 Å². The molecule has 0 unspecified atom stereocenters. The molecule has 0 saturated heterocycles. The van der Waals surface area contributed by atoms with E-state index >= 15 is 0 Å². The summed E-state index contributed by atoms with van der Waals surface area (Å²) in [6, 6.07) is -0.303. The van der Waals surface area contributed by atoms with Crippen LogP contribution in [0.25, 0.3) is 0 Å². The summed E-state index contributed by atoms with van der Waals surface area (Å²) in [5.41, 5.74) is 5.69. The summed E-state index contributed by atoms with van der Waals surface area (Å²) in [5, 5.41) is 16.1. The fraction of sp³-hybridized carbons (Fsp3) is 0.750. The van der Waals surface area contributed by atoms with Gasteiger partial charge in [0, 0.05) is 17.9 Å². The van der Waals surface area contributed by atoms with Crippen molar-refractivity contribution >= 4 is 18.3 Å². The minimum Gasteiger partial charge on any atom is -0.391 e. The molecule has 8 heteroatoms. The van der Waals surface area contributed by atoms with E-state index in [1.54, 1.807) is 0 Å². The van der Waals surface area contributed by atoms with Gasteiger partial charge >= 0.3 is 0 Å². The van der Waals surface area contributed by atoms with Crippen LogP contribution < -0.4 is 11.1 Å². The van der Waals surface area contributed by atoms with E-state index in [1.165, 1.54) is 0 Å². The summed E-state index contributed by atoms with van der Waals surface area (Å²) in [4.78, 5) is 16.1. The number of hydrogen-bond acceptors (Lipinski definition) is 6. The fourth-order valence-corrected chi connectivity index (χ4v) is 2.41. The Hall–Kier alpha value is -1.18. The van der Waals surface area contributed by atoms with E-state index in [2.05, 4.69) is 15.5 Å². The third-order valence-electron chi connectivity index (χ3n) is 3.78. The van der Waals surface area contributed by atoms with Crippen molar-refractivity contribution in [2.45, 2.75) is 50.3 Å². The van der Waals surface area contributed by atoms with Crippen LogP contribution in [0.3, 0.4) is 0 Å². The number of aromatic nitrogens is 2. The fourth-order valence-electron chi connectivity index (χ4n) is 2.41. The van der Waals surface area contributed by atoms with Crippen molar-refractivity contribution in [3.05, 3.63) is 11.7 Å². The van der Waals surface area contributed by atoms with Crippen molar-refractivity contribution in [2.24, 2.45) is 11.7 Å². The number of aliphatic hydroxyl groups is 1. The normalized spacial score (nSPS) is 29.0. The number of halogens is 1. The summed E-state index contributed by atoms with van der Waals surface area (Å²) < 4.78 is 5.11. The summed E-state index contributed by atoms with van der Waals surface area (Å²) >= 11 is 0. The van der Waals surface area contributed by atoms with Gasteiger partial charge in [0.05, 0.1) is 12.6 Å². The van der Waals surface area contributed by atoms with Crippen molar-refractivity contribution in [1.82, 2.24) is 15.5 Å². The maximum atomic E-state index is 11.9. The van der Waals surface area contributed by atoms with Crippen LogP contribution in [0.15, 0.2) is 4.52 Å². The highest BCUT2D eigenvalue weighted by Crippen LogP contribution is 2.38. The molecular formula is C12H19ClN4O3. The monoisotopic (exact) mass is 302 g/mol. The second kappa shape index (κ2) is 6.07. The molecule has 20 heavy (non-hydrogen) atoms. The number of rotatable bonds is 4. The van der Waals surface area contributed by atoms with Crippen LogP contribution in [-0.2, 0) is 11.3 Å². The lowest BCUT2D eigenvalue weighted by Gasteiger charge is -2.08. The largest absolute Gasteiger partial charge is 0.391 e. The van der Waals surface area contributed by atoms with Crippen molar-refractivity contribution in [3.63, 3.8) is 0 Å². The van der Waals surface area contributed by atoms with Gasteiger partial charge in [0.1, 0.15) is 0 Å². The maximum Gasteiger partial charge on any atom is 0.229 e.